The van der Waals surface area contributed by atoms with E-state index in [1.165, 1.54) is 11.1 Å². The van der Waals surface area contributed by atoms with Gasteiger partial charge in [0.05, 0.1) is 17.6 Å². The first-order chi connectivity index (χ1) is 22.6. The molecule has 2 aliphatic heterocycles. The second kappa shape index (κ2) is 12.2. The van der Waals surface area contributed by atoms with Gasteiger partial charge in [-0.1, -0.05) is 12.1 Å². The van der Waals surface area contributed by atoms with Crippen molar-refractivity contribution < 1.29 is 19.1 Å². The molecule has 13 heteroatoms. The Morgan fingerprint density at radius 2 is 1.60 bits per heavy atom. The molecule has 1 aromatic carbocycles. The van der Waals surface area contributed by atoms with Crippen LogP contribution in [0, 0.1) is 0 Å². The van der Waals surface area contributed by atoms with Gasteiger partial charge in [-0.2, -0.15) is 4.98 Å². The second-order valence-corrected chi connectivity index (χ2v) is 14.3. The van der Waals surface area contributed by atoms with Crippen LogP contribution in [0.1, 0.15) is 73.9 Å². The van der Waals surface area contributed by atoms with Crippen LogP contribution in [0.15, 0.2) is 54.9 Å². The SMILES string of the molecule is CN(C)C(=O)c1cc2cnc(Nc3ccc(C(=O)N4CC5CCC(C4)N5C(=O)OC(C)(C)C)cn3)nc2n1-c1ccc(C(C)(C)N)cc1. The van der Waals surface area contributed by atoms with Crippen molar-refractivity contribution in [3.05, 3.63) is 71.7 Å². The normalized spacial score (nSPS) is 17.8. The van der Waals surface area contributed by atoms with Gasteiger partial charge in [0.25, 0.3) is 11.8 Å². The van der Waals surface area contributed by atoms with Gasteiger partial charge in [0.1, 0.15) is 17.1 Å². The summed E-state index contributed by atoms with van der Waals surface area (Å²) in [6.07, 6.45) is 4.55. The molecule has 252 valence electrons. The molecule has 3 aromatic heterocycles. The van der Waals surface area contributed by atoms with Gasteiger partial charge in [0.2, 0.25) is 5.95 Å². The number of hydrogen-bond donors (Lipinski definition) is 2. The number of carbonyl (C=O) groups excluding carboxylic acids is 3. The van der Waals surface area contributed by atoms with Gasteiger partial charge in [0.15, 0.2) is 5.65 Å². The number of benzene rings is 1. The van der Waals surface area contributed by atoms with E-state index in [4.69, 9.17) is 15.5 Å². The van der Waals surface area contributed by atoms with Crippen LogP contribution in [0.3, 0.4) is 0 Å². The lowest BCUT2D eigenvalue weighted by atomic mass is 9.95. The maximum absolute atomic E-state index is 13.5. The van der Waals surface area contributed by atoms with Crippen LogP contribution in [0.5, 0.6) is 0 Å². The van der Waals surface area contributed by atoms with E-state index >= 15 is 0 Å². The fourth-order valence-corrected chi connectivity index (χ4v) is 6.31. The quantitative estimate of drug-likeness (QED) is 0.302. The van der Waals surface area contributed by atoms with Crippen LogP contribution in [-0.2, 0) is 10.3 Å². The highest BCUT2D eigenvalue weighted by Gasteiger charge is 2.45. The van der Waals surface area contributed by atoms with Crippen molar-refractivity contribution in [1.82, 2.24) is 34.2 Å². The van der Waals surface area contributed by atoms with Crippen LogP contribution in [0.2, 0.25) is 0 Å². The molecule has 13 nitrogen and oxygen atoms in total. The highest BCUT2D eigenvalue weighted by Crippen LogP contribution is 2.33. The fourth-order valence-electron chi connectivity index (χ4n) is 6.31. The molecule has 2 unspecified atom stereocenters. The molecule has 0 saturated carbocycles. The summed E-state index contributed by atoms with van der Waals surface area (Å²) in [6, 6.07) is 12.8. The number of nitrogens with one attached hydrogen (secondary N) is 1. The largest absolute Gasteiger partial charge is 0.444 e. The van der Waals surface area contributed by atoms with Gasteiger partial charge >= 0.3 is 6.09 Å². The first kappa shape index (κ1) is 32.9. The molecule has 48 heavy (non-hydrogen) atoms. The topological polar surface area (TPSA) is 152 Å². The molecule has 0 radical (unpaired) electrons. The number of piperazine rings is 1. The van der Waals surface area contributed by atoms with E-state index in [9.17, 15) is 14.4 Å². The van der Waals surface area contributed by atoms with Crippen LogP contribution in [0.4, 0.5) is 16.6 Å². The molecular formula is C35H43N9O4. The predicted octanol–water partition coefficient (Wildman–Crippen LogP) is 4.68. The molecule has 6 rings (SSSR count). The van der Waals surface area contributed by atoms with Gasteiger partial charge < -0.3 is 25.6 Å². The van der Waals surface area contributed by atoms with E-state index in [-0.39, 0.29) is 35.9 Å². The van der Waals surface area contributed by atoms with Gasteiger partial charge in [-0.3, -0.25) is 19.1 Å². The molecule has 2 saturated heterocycles. The fraction of sp³-hybridized carbons (Fsp3) is 0.429. The molecule has 4 aromatic rings. The molecule has 0 spiro atoms. The number of ether oxygens (including phenoxy) is 1. The lowest BCUT2D eigenvalue weighted by Crippen LogP contribution is -2.57. The standard InChI is InChI=1S/C35H43N9O4/c1-34(2,3)48-33(47)43-25-13-14-26(43)20-42(19-25)30(45)21-8-15-28(37-17-21)39-32-38-18-22-16-27(31(46)41(6)7)44(29(22)40-32)24-11-9-23(10-12-24)35(4,5)36/h8-12,15-18,25-26H,13-14,19-20,36H2,1-7H3,(H,37,38,39,40). The second-order valence-electron chi connectivity index (χ2n) is 14.3. The number of amides is 3. The van der Waals surface area contributed by atoms with E-state index in [1.807, 2.05) is 68.4 Å². The van der Waals surface area contributed by atoms with Crippen molar-refractivity contribution in [2.75, 3.05) is 32.5 Å². The molecule has 0 aliphatic carbocycles. The van der Waals surface area contributed by atoms with E-state index in [0.29, 0.717) is 41.2 Å². The van der Waals surface area contributed by atoms with Gasteiger partial charge in [-0.25, -0.2) is 14.8 Å². The lowest BCUT2D eigenvalue weighted by Gasteiger charge is -2.41. The average molecular weight is 654 g/mol. The lowest BCUT2D eigenvalue weighted by molar-refractivity contribution is -0.00336. The number of likely N-dealkylation sites (tertiary alicyclic amines) is 1. The summed E-state index contributed by atoms with van der Waals surface area (Å²) in [4.78, 5) is 58.3. The number of pyridine rings is 1. The Labute approximate surface area is 280 Å². The number of carbonyl (C=O) groups is 3. The highest BCUT2D eigenvalue weighted by molar-refractivity contribution is 5.99. The Morgan fingerprint density at radius 3 is 2.17 bits per heavy atom. The first-order valence-electron chi connectivity index (χ1n) is 16.1. The van der Waals surface area contributed by atoms with Gasteiger partial charge in [-0.15, -0.1) is 0 Å². The third kappa shape index (κ3) is 6.55. The van der Waals surface area contributed by atoms with E-state index in [0.717, 1.165) is 24.1 Å². The average Bonchev–Trinajstić information content (AvgIpc) is 3.53. The number of aromatic nitrogens is 4. The minimum atomic E-state index is -0.575. The van der Waals surface area contributed by atoms with Crippen LogP contribution in [0.25, 0.3) is 16.7 Å². The Morgan fingerprint density at radius 1 is 0.938 bits per heavy atom. The monoisotopic (exact) mass is 653 g/mol. The molecule has 2 fully saturated rings. The van der Waals surface area contributed by atoms with E-state index in [2.05, 4.69) is 15.3 Å². The Kier molecular flexibility index (Phi) is 8.36. The maximum atomic E-state index is 13.5. The summed E-state index contributed by atoms with van der Waals surface area (Å²) >= 11 is 0. The van der Waals surface area contributed by atoms with Crippen molar-refractivity contribution in [1.29, 1.82) is 0 Å². The Hall–Kier alpha value is -5.04. The maximum Gasteiger partial charge on any atom is 0.410 e. The molecule has 3 N–H and O–H groups in total. The highest BCUT2D eigenvalue weighted by atomic mass is 16.6. The van der Waals surface area contributed by atoms with Gasteiger partial charge in [-0.05, 0) is 83.4 Å². The summed E-state index contributed by atoms with van der Waals surface area (Å²) < 4.78 is 7.43. The zero-order valence-corrected chi connectivity index (χ0v) is 28.5. The smallest absolute Gasteiger partial charge is 0.410 e. The zero-order valence-electron chi connectivity index (χ0n) is 28.5. The molecule has 2 bridgehead atoms. The first-order valence-corrected chi connectivity index (χ1v) is 16.1. The number of hydrogen-bond acceptors (Lipinski definition) is 9. The van der Waals surface area contributed by atoms with Crippen molar-refractivity contribution in [2.24, 2.45) is 5.73 Å². The summed E-state index contributed by atoms with van der Waals surface area (Å²) in [7, 11) is 3.41. The van der Waals surface area contributed by atoms with Crippen LogP contribution < -0.4 is 11.1 Å². The summed E-state index contributed by atoms with van der Waals surface area (Å²) in [5.74, 6) is 0.434. The number of nitrogens with zero attached hydrogens (tertiary/aromatic N) is 7. The number of fused-ring (bicyclic) bond motifs is 3. The molecule has 2 atom stereocenters. The number of anilines is 2. The summed E-state index contributed by atoms with van der Waals surface area (Å²) in [5.41, 5.74) is 8.37. The van der Waals surface area contributed by atoms with Crippen molar-refractivity contribution >= 4 is 40.7 Å². The minimum Gasteiger partial charge on any atom is -0.444 e. The molecular weight excluding hydrogens is 610 g/mol. The third-order valence-corrected chi connectivity index (χ3v) is 8.66. The summed E-state index contributed by atoms with van der Waals surface area (Å²) in [6.45, 7) is 10.3. The van der Waals surface area contributed by atoms with Gasteiger partial charge in [0, 0.05) is 56.2 Å². The number of rotatable bonds is 6. The van der Waals surface area contributed by atoms with Crippen molar-refractivity contribution in [3.63, 3.8) is 0 Å². The van der Waals surface area contributed by atoms with Crippen LogP contribution >= 0.6 is 0 Å². The van der Waals surface area contributed by atoms with Crippen LogP contribution in [-0.4, -0.2) is 97.0 Å². The number of nitrogens with two attached hydrogens (primary N) is 1. The van der Waals surface area contributed by atoms with E-state index < -0.39 is 11.1 Å². The summed E-state index contributed by atoms with van der Waals surface area (Å²) in [5, 5.41) is 3.83. The van der Waals surface area contributed by atoms with Crippen molar-refractivity contribution in [3.8, 4) is 5.69 Å². The zero-order chi connectivity index (χ0) is 34.5. The molecule has 3 amide bonds. The third-order valence-electron chi connectivity index (χ3n) is 8.66. The Balaban J connectivity index is 1.20. The molecule has 2 aliphatic rings. The van der Waals surface area contributed by atoms with Crippen molar-refractivity contribution in [2.45, 2.75) is 70.7 Å². The molecule has 5 heterocycles. The van der Waals surface area contributed by atoms with E-state index in [1.54, 1.807) is 43.4 Å². The minimum absolute atomic E-state index is 0.0681. The predicted molar refractivity (Wildman–Crippen MR) is 182 cm³/mol. The Bertz CT molecular complexity index is 1840.